The molecule has 1 N–H and O–H groups in total. The van der Waals surface area contributed by atoms with Gasteiger partial charge in [-0.2, -0.15) is 0 Å². The maximum absolute atomic E-state index is 13.2. The summed E-state index contributed by atoms with van der Waals surface area (Å²) in [7, 11) is 0. The van der Waals surface area contributed by atoms with E-state index in [2.05, 4.69) is 104 Å². The fraction of sp³-hybridized carbons (Fsp3) is 0.483. The number of rotatable bonds is 12. The van der Waals surface area contributed by atoms with E-state index >= 15 is 0 Å². The largest absolute Gasteiger partial charge is 0.354 e. The highest BCUT2D eigenvalue weighted by atomic mass is 16.1. The second-order valence-corrected chi connectivity index (χ2v) is 9.19. The van der Waals surface area contributed by atoms with Crippen LogP contribution in [0.15, 0.2) is 54.7 Å². The highest BCUT2D eigenvalue weighted by Crippen LogP contribution is 2.35. The van der Waals surface area contributed by atoms with Crippen molar-refractivity contribution in [3.05, 3.63) is 71.4 Å². The van der Waals surface area contributed by atoms with Crippen LogP contribution in [0.5, 0.6) is 0 Å². The maximum Gasteiger partial charge on any atom is 0.221 e. The Hall–Kier alpha value is -2.59. The molecule has 178 valence electrons. The van der Waals surface area contributed by atoms with Gasteiger partial charge in [-0.1, -0.05) is 61.9 Å². The summed E-state index contributed by atoms with van der Waals surface area (Å²) in [5.74, 6) is 0.162. The summed E-state index contributed by atoms with van der Waals surface area (Å²) in [5, 5.41) is 4.52. The SMILES string of the molecule is CCN(CC)CCCC(C)NC(=O)CC(c1ccc(C)cc1)c1cn(CC)c2ccccc12. The maximum atomic E-state index is 13.2. The van der Waals surface area contributed by atoms with Gasteiger partial charge in [-0.15, -0.1) is 0 Å². The topological polar surface area (TPSA) is 37.3 Å². The van der Waals surface area contributed by atoms with Crippen LogP contribution in [0.1, 0.15) is 69.6 Å². The molecule has 0 aliphatic rings. The highest BCUT2D eigenvalue weighted by Gasteiger charge is 2.23. The molecule has 4 heteroatoms. The van der Waals surface area contributed by atoms with E-state index in [1.807, 2.05) is 0 Å². The minimum absolute atomic E-state index is 0.0335. The average molecular weight is 448 g/mol. The van der Waals surface area contributed by atoms with E-state index in [-0.39, 0.29) is 17.9 Å². The zero-order chi connectivity index (χ0) is 23.8. The Balaban J connectivity index is 1.78. The summed E-state index contributed by atoms with van der Waals surface area (Å²) in [5.41, 5.74) is 4.90. The van der Waals surface area contributed by atoms with E-state index in [1.54, 1.807) is 0 Å². The second-order valence-electron chi connectivity index (χ2n) is 9.19. The van der Waals surface area contributed by atoms with Gasteiger partial charge in [0.25, 0.3) is 0 Å². The number of hydrogen-bond donors (Lipinski definition) is 1. The molecule has 0 saturated carbocycles. The number of aryl methyl sites for hydroxylation is 2. The molecule has 1 aromatic heterocycles. The highest BCUT2D eigenvalue weighted by molar-refractivity contribution is 5.86. The van der Waals surface area contributed by atoms with Crippen LogP contribution < -0.4 is 5.32 Å². The minimum atomic E-state index is 0.0335. The first-order valence-corrected chi connectivity index (χ1v) is 12.6. The third-order valence-corrected chi connectivity index (χ3v) is 6.82. The Morgan fingerprint density at radius 3 is 2.39 bits per heavy atom. The molecule has 2 unspecified atom stereocenters. The van der Waals surface area contributed by atoms with Crippen molar-refractivity contribution in [1.82, 2.24) is 14.8 Å². The van der Waals surface area contributed by atoms with E-state index in [9.17, 15) is 4.79 Å². The number of fused-ring (bicyclic) bond motifs is 1. The third kappa shape index (κ3) is 6.48. The van der Waals surface area contributed by atoms with Gasteiger partial charge in [0.15, 0.2) is 0 Å². The molecule has 3 rings (SSSR count). The first-order chi connectivity index (χ1) is 16.0. The molecular formula is C29H41N3O. The Bertz CT molecular complexity index is 1020. The van der Waals surface area contributed by atoms with Crippen LogP contribution in [-0.2, 0) is 11.3 Å². The normalized spacial score (nSPS) is 13.4. The van der Waals surface area contributed by atoms with E-state index in [0.29, 0.717) is 6.42 Å². The van der Waals surface area contributed by atoms with Crippen LogP contribution in [0.3, 0.4) is 0 Å². The molecule has 0 spiro atoms. The molecule has 2 atom stereocenters. The fourth-order valence-corrected chi connectivity index (χ4v) is 4.77. The van der Waals surface area contributed by atoms with Gasteiger partial charge in [0, 0.05) is 42.0 Å². The Labute approximate surface area is 200 Å². The third-order valence-electron chi connectivity index (χ3n) is 6.82. The molecule has 0 bridgehead atoms. The summed E-state index contributed by atoms with van der Waals surface area (Å²) in [6.07, 6.45) is 4.82. The standard InChI is InChI=1S/C29H41N3O/c1-6-31(7-2)19-11-12-23(5)30-29(33)20-26(24-17-15-22(4)16-18-24)27-21-32(8-3)28-14-10-9-13-25(27)28/h9-10,13-18,21,23,26H,6-8,11-12,19-20H2,1-5H3,(H,30,33). The van der Waals surface area contributed by atoms with Crippen LogP contribution in [0.2, 0.25) is 0 Å². The number of hydrogen-bond acceptors (Lipinski definition) is 2. The molecule has 0 aliphatic heterocycles. The van der Waals surface area contributed by atoms with Crippen molar-refractivity contribution in [3.63, 3.8) is 0 Å². The van der Waals surface area contributed by atoms with Crippen molar-refractivity contribution in [2.24, 2.45) is 0 Å². The number of carbonyl (C=O) groups is 1. The van der Waals surface area contributed by atoms with Crippen molar-refractivity contribution in [2.75, 3.05) is 19.6 Å². The van der Waals surface area contributed by atoms with Crippen molar-refractivity contribution in [2.45, 2.75) is 72.4 Å². The molecule has 0 fully saturated rings. The average Bonchev–Trinajstić information content (AvgIpc) is 3.19. The first-order valence-electron chi connectivity index (χ1n) is 12.6. The van der Waals surface area contributed by atoms with Gasteiger partial charge in [0.05, 0.1) is 0 Å². The minimum Gasteiger partial charge on any atom is -0.354 e. The zero-order valence-electron chi connectivity index (χ0n) is 21.1. The van der Waals surface area contributed by atoms with E-state index in [0.717, 1.165) is 39.0 Å². The van der Waals surface area contributed by atoms with Gasteiger partial charge >= 0.3 is 0 Å². The predicted octanol–water partition coefficient (Wildman–Crippen LogP) is 6.12. The number of nitrogens with zero attached hydrogens (tertiary/aromatic N) is 2. The fourth-order valence-electron chi connectivity index (χ4n) is 4.77. The summed E-state index contributed by atoms with van der Waals surface area (Å²) in [6.45, 7) is 15.0. The van der Waals surface area contributed by atoms with E-state index in [4.69, 9.17) is 0 Å². The number of benzene rings is 2. The van der Waals surface area contributed by atoms with Crippen LogP contribution in [0, 0.1) is 6.92 Å². The monoisotopic (exact) mass is 447 g/mol. The van der Waals surface area contributed by atoms with Crippen LogP contribution in [0.4, 0.5) is 0 Å². The number of nitrogens with one attached hydrogen (secondary N) is 1. The van der Waals surface area contributed by atoms with Gasteiger partial charge in [-0.25, -0.2) is 0 Å². The van der Waals surface area contributed by atoms with Crippen LogP contribution >= 0.6 is 0 Å². The molecule has 4 nitrogen and oxygen atoms in total. The molecule has 0 aliphatic carbocycles. The van der Waals surface area contributed by atoms with Crippen molar-refractivity contribution >= 4 is 16.8 Å². The lowest BCUT2D eigenvalue weighted by Crippen LogP contribution is -2.34. The van der Waals surface area contributed by atoms with Crippen molar-refractivity contribution in [1.29, 1.82) is 0 Å². The number of para-hydroxylation sites is 1. The molecule has 1 amide bonds. The lowest BCUT2D eigenvalue weighted by molar-refractivity contribution is -0.121. The van der Waals surface area contributed by atoms with Crippen molar-refractivity contribution in [3.8, 4) is 0 Å². The van der Waals surface area contributed by atoms with E-state index in [1.165, 1.54) is 27.6 Å². The summed E-state index contributed by atoms with van der Waals surface area (Å²) in [4.78, 5) is 15.6. The van der Waals surface area contributed by atoms with Crippen LogP contribution in [-0.4, -0.2) is 41.1 Å². The molecular weight excluding hydrogens is 406 g/mol. The zero-order valence-corrected chi connectivity index (χ0v) is 21.1. The molecule has 0 radical (unpaired) electrons. The summed E-state index contributed by atoms with van der Waals surface area (Å²) >= 11 is 0. The van der Waals surface area contributed by atoms with Gasteiger partial charge in [-0.05, 0) is 70.4 Å². The molecule has 2 aromatic carbocycles. The first kappa shape index (κ1) is 25.0. The van der Waals surface area contributed by atoms with Crippen LogP contribution in [0.25, 0.3) is 10.9 Å². The quantitative estimate of drug-likeness (QED) is 0.363. The number of carbonyl (C=O) groups excluding carboxylic acids is 1. The Morgan fingerprint density at radius 2 is 1.73 bits per heavy atom. The number of amides is 1. The Kier molecular flexibility index (Phi) is 9.13. The lowest BCUT2D eigenvalue weighted by Gasteiger charge is -2.21. The summed E-state index contributed by atoms with van der Waals surface area (Å²) < 4.78 is 2.29. The smallest absolute Gasteiger partial charge is 0.221 e. The summed E-state index contributed by atoms with van der Waals surface area (Å²) in [6, 6.07) is 17.4. The predicted molar refractivity (Wildman–Crippen MR) is 140 cm³/mol. The molecule has 0 saturated heterocycles. The van der Waals surface area contributed by atoms with Crippen molar-refractivity contribution < 1.29 is 4.79 Å². The van der Waals surface area contributed by atoms with Gasteiger partial charge in [-0.3, -0.25) is 4.79 Å². The van der Waals surface area contributed by atoms with Gasteiger partial charge < -0.3 is 14.8 Å². The Morgan fingerprint density at radius 1 is 1.03 bits per heavy atom. The lowest BCUT2D eigenvalue weighted by atomic mass is 9.87. The van der Waals surface area contributed by atoms with Gasteiger partial charge in [0.1, 0.15) is 0 Å². The molecule has 33 heavy (non-hydrogen) atoms. The van der Waals surface area contributed by atoms with E-state index < -0.39 is 0 Å². The molecule has 1 heterocycles. The van der Waals surface area contributed by atoms with Gasteiger partial charge in [0.2, 0.25) is 5.91 Å². The number of aromatic nitrogens is 1. The second kappa shape index (κ2) is 12.0. The molecule has 3 aromatic rings.